The SMILES string of the molecule is C/C=c1/c(C)ns/c1=C/C.CC. The molecule has 0 saturated heterocycles. The van der Waals surface area contributed by atoms with Crippen LogP contribution in [-0.4, -0.2) is 4.37 Å². The zero-order chi connectivity index (χ0) is 9.56. The Bertz CT molecular complexity index is 322. The fraction of sp³-hybridized carbons (Fsp3) is 0.500. The molecule has 0 fully saturated rings. The lowest BCUT2D eigenvalue weighted by Gasteiger charge is -1.76. The van der Waals surface area contributed by atoms with Crippen LogP contribution in [0, 0.1) is 6.92 Å². The van der Waals surface area contributed by atoms with Gasteiger partial charge in [0.15, 0.2) is 0 Å². The van der Waals surface area contributed by atoms with E-state index in [4.69, 9.17) is 0 Å². The third kappa shape index (κ3) is 2.45. The summed E-state index contributed by atoms with van der Waals surface area (Å²) in [7, 11) is 0. The molecule has 0 radical (unpaired) electrons. The molecule has 1 aromatic heterocycles. The molecular formula is C10H17NS. The summed E-state index contributed by atoms with van der Waals surface area (Å²) in [5.74, 6) is 0. The van der Waals surface area contributed by atoms with Crippen molar-refractivity contribution in [2.45, 2.75) is 34.6 Å². The predicted octanol–water partition coefficient (Wildman–Crippen LogP) is 2.08. The molecule has 0 unspecified atom stereocenters. The van der Waals surface area contributed by atoms with Crippen LogP contribution in [-0.2, 0) is 0 Å². The van der Waals surface area contributed by atoms with Gasteiger partial charge >= 0.3 is 0 Å². The molecule has 1 aromatic rings. The van der Waals surface area contributed by atoms with Gasteiger partial charge in [-0.15, -0.1) is 0 Å². The van der Waals surface area contributed by atoms with Crippen LogP contribution < -0.4 is 9.75 Å². The zero-order valence-electron chi connectivity index (χ0n) is 8.51. The van der Waals surface area contributed by atoms with E-state index in [1.54, 1.807) is 11.5 Å². The second-order valence-corrected chi connectivity index (χ2v) is 2.93. The van der Waals surface area contributed by atoms with Gasteiger partial charge in [0.2, 0.25) is 0 Å². The summed E-state index contributed by atoms with van der Waals surface area (Å²) in [6.45, 7) is 10.1. The van der Waals surface area contributed by atoms with E-state index in [-0.39, 0.29) is 0 Å². The van der Waals surface area contributed by atoms with Crippen LogP contribution in [0.1, 0.15) is 33.4 Å². The maximum Gasteiger partial charge on any atom is 0.0586 e. The molecule has 0 amide bonds. The van der Waals surface area contributed by atoms with Crippen molar-refractivity contribution >= 4 is 23.7 Å². The van der Waals surface area contributed by atoms with Gasteiger partial charge in [-0.05, 0) is 32.3 Å². The Kier molecular flexibility index (Phi) is 5.64. The van der Waals surface area contributed by atoms with Gasteiger partial charge in [-0.25, -0.2) is 0 Å². The minimum atomic E-state index is 1.14. The Morgan fingerprint density at radius 2 is 1.75 bits per heavy atom. The molecule has 1 heterocycles. The monoisotopic (exact) mass is 183 g/mol. The summed E-state index contributed by atoms with van der Waals surface area (Å²) in [4.78, 5) is 0. The van der Waals surface area contributed by atoms with Crippen molar-refractivity contribution in [2.24, 2.45) is 0 Å². The van der Waals surface area contributed by atoms with Crippen molar-refractivity contribution in [3.8, 4) is 0 Å². The Labute approximate surface area is 78.6 Å². The van der Waals surface area contributed by atoms with E-state index in [1.165, 1.54) is 9.75 Å². The summed E-state index contributed by atoms with van der Waals surface area (Å²) >= 11 is 1.56. The standard InChI is InChI=1S/C8H11NS.C2H6/c1-4-7-6(3)9-10-8(7)5-2;1-2/h4-5H,1-3H3;1-2H3/b7-4-,8-5+;. The number of hydrogen-bond acceptors (Lipinski definition) is 2. The summed E-state index contributed by atoms with van der Waals surface area (Å²) in [6.07, 6.45) is 4.20. The predicted molar refractivity (Wildman–Crippen MR) is 57.7 cm³/mol. The molecule has 0 N–H and O–H groups in total. The highest BCUT2D eigenvalue weighted by Gasteiger charge is 1.91. The van der Waals surface area contributed by atoms with E-state index in [0.29, 0.717) is 0 Å². The molecule has 68 valence electrons. The molecule has 0 aromatic carbocycles. The molecule has 1 rings (SSSR count). The quantitative estimate of drug-likeness (QED) is 0.600. The molecule has 12 heavy (non-hydrogen) atoms. The fourth-order valence-electron chi connectivity index (χ4n) is 0.954. The maximum atomic E-state index is 4.24. The van der Waals surface area contributed by atoms with E-state index in [0.717, 1.165) is 5.69 Å². The topological polar surface area (TPSA) is 12.9 Å². The van der Waals surface area contributed by atoms with E-state index in [2.05, 4.69) is 16.5 Å². The molecule has 0 aliphatic rings. The zero-order valence-corrected chi connectivity index (χ0v) is 9.33. The number of hydrogen-bond donors (Lipinski definition) is 0. The first-order chi connectivity index (χ1) is 5.79. The molecule has 2 heteroatoms. The first kappa shape index (κ1) is 11.4. The van der Waals surface area contributed by atoms with Gasteiger partial charge in [0.1, 0.15) is 0 Å². The maximum absolute atomic E-state index is 4.24. The average Bonchev–Trinajstić information content (AvgIpc) is 2.49. The molecule has 1 nitrogen and oxygen atoms in total. The van der Waals surface area contributed by atoms with Crippen LogP contribution in [0.15, 0.2) is 0 Å². The molecule has 0 aliphatic heterocycles. The van der Waals surface area contributed by atoms with Gasteiger partial charge in [0, 0.05) is 5.22 Å². The average molecular weight is 183 g/mol. The van der Waals surface area contributed by atoms with Crippen LogP contribution in [0.25, 0.3) is 12.2 Å². The lowest BCUT2D eigenvalue weighted by atomic mass is 10.3. The molecule has 0 saturated carbocycles. The highest BCUT2D eigenvalue weighted by atomic mass is 32.1. The highest BCUT2D eigenvalue weighted by molar-refractivity contribution is 7.03. The van der Waals surface area contributed by atoms with Crippen LogP contribution >= 0.6 is 11.5 Å². The van der Waals surface area contributed by atoms with Crippen molar-refractivity contribution in [1.82, 2.24) is 4.37 Å². The normalized spacial score (nSPS) is 12.8. The minimum Gasteiger partial charge on any atom is -0.197 e. The van der Waals surface area contributed by atoms with Crippen molar-refractivity contribution in [3.63, 3.8) is 0 Å². The lowest BCUT2D eigenvalue weighted by molar-refractivity contribution is 1.30. The molecule has 0 atom stereocenters. The van der Waals surface area contributed by atoms with Crippen molar-refractivity contribution < 1.29 is 0 Å². The van der Waals surface area contributed by atoms with Crippen LogP contribution in [0.4, 0.5) is 0 Å². The van der Waals surface area contributed by atoms with Gasteiger partial charge in [-0.2, -0.15) is 4.37 Å². The van der Waals surface area contributed by atoms with Crippen LogP contribution in [0.2, 0.25) is 0 Å². The van der Waals surface area contributed by atoms with E-state index in [1.807, 2.05) is 34.6 Å². The Balaban J connectivity index is 0.000000561. The fourth-order valence-corrected chi connectivity index (χ4v) is 1.76. The van der Waals surface area contributed by atoms with Crippen molar-refractivity contribution in [3.05, 3.63) is 15.4 Å². The number of aryl methyl sites for hydroxylation is 1. The third-order valence-corrected chi connectivity index (χ3v) is 2.50. The van der Waals surface area contributed by atoms with Gasteiger partial charge < -0.3 is 0 Å². The van der Waals surface area contributed by atoms with Crippen LogP contribution in [0.5, 0.6) is 0 Å². The summed E-state index contributed by atoms with van der Waals surface area (Å²) in [5.41, 5.74) is 1.14. The summed E-state index contributed by atoms with van der Waals surface area (Å²) in [6, 6.07) is 0. The third-order valence-electron chi connectivity index (χ3n) is 1.49. The second-order valence-electron chi connectivity index (χ2n) is 2.12. The van der Waals surface area contributed by atoms with E-state index >= 15 is 0 Å². The van der Waals surface area contributed by atoms with E-state index < -0.39 is 0 Å². The van der Waals surface area contributed by atoms with Crippen molar-refractivity contribution in [1.29, 1.82) is 0 Å². The number of rotatable bonds is 0. The van der Waals surface area contributed by atoms with Gasteiger partial charge in [0.25, 0.3) is 0 Å². The first-order valence-corrected chi connectivity index (χ1v) is 5.12. The largest absolute Gasteiger partial charge is 0.197 e. The van der Waals surface area contributed by atoms with Crippen molar-refractivity contribution in [2.75, 3.05) is 0 Å². The number of nitrogens with zero attached hydrogens (tertiary/aromatic N) is 1. The van der Waals surface area contributed by atoms with Gasteiger partial charge in [-0.3, -0.25) is 0 Å². The first-order valence-electron chi connectivity index (χ1n) is 4.34. The van der Waals surface area contributed by atoms with E-state index in [9.17, 15) is 0 Å². The molecule has 0 bridgehead atoms. The Hall–Kier alpha value is -0.630. The smallest absolute Gasteiger partial charge is 0.0586 e. The van der Waals surface area contributed by atoms with Gasteiger partial charge in [-0.1, -0.05) is 26.0 Å². The Morgan fingerprint density at radius 1 is 1.17 bits per heavy atom. The lowest BCUT2D eigenvalue weighted by Crippen LogP contribution is -2.19. The molecule has 0 spiro atoms. The van der Waals surface area contributed by atoms with Crippen LogP contribution in [0.3, 0.4) is 0 Å². The van der Waals surface area contributed by atoms with Gasteiger partial charge in [0.05, 0.1) is 10.2 Å². The Morgan fingerprint density at radius 3 is 2.08 bits per heavy atom. The second kappa shape index (κ2) is 5.95. The summed E-state index contributed by atoms with van der Waals surface area (Å²) < 4.78 is 5.52. The molecule has 0 aliphatic carbocycles. The highest BCUT2D eigenvalue weighted by Crippen LogP contribution is 1.82. The minimum absolute atomic E-state index is 1.14. The summed E-state index contributed by atoms with van der Waals surface area (Å²) in [5, 5.41) is 1.28. The number of aromatic nitrogens is 1. The molecular weight excluding hydrogens is 166 g/mol.